The molecule has 0 heterocycles. The predicted octanol–water partition coefficient (Wildman–Crippen LogP) is 4.62. The van der Waals surface area contributed by atoms with Crippen LogP contribution in [0.2, 0.25) is 0 Å². The van der Waals surface area contributed by atoms with Gasteiger partial charge in [-0.3, -0.25) is 20.2 Å². The standard InChI is InChI=1S/C18H16N2O10S2/c21-17(29-15-6-4-13(5-7-15)19(23)24)27-8-10-31-32-11-9-28-18(22)30-16-3-1-2-14(12-16)20(25)26/h1-7,12H,8-11H2. The summed E-state index contributed by atoms with van der Waals surface area (Å²) in [6.45, 7) is 0.119. The van der Waals surface area contributed by atoms with Crippen molar-refractivity contribution in [2.75, 3.05) is 24.7 Å². The van der Waals surface area contributed by atoms with Crippen molar-refractivity contribution in [3.63, 3.8) is 0 Å². The maximum absolute atomic E-state index is 11.6. The van der Waals surface area contributed by atoms with Crippen LogP contribution in [-0.2, 0) is 9.47 Å². The Balaban J connectivity index is 1.51. The summed E-state index contributed by atoms with van der Waals surface area (Å²) in [4.78, 5) is 43.2. The van der Waals surface area contributed by atoms with Gasteiger partial charge in [-0.15, -0.1) is 0 Å². The molecule has 0 aliphatic carbocycles. The summed E-state index contributed by atoms with van der Waals surface area (Å²) in [5.41, 5.74) is -0.332. The fraction of sp³-hybridized carbons (Fsp3) is 0.222. The molecular formula is C18H16N2O10S2. The van der Waals surface area contributed by atoms with Crippen molar-refractivity contribution >= 4 is 45.3 Å². The summed E-state index contributed by atoms with van der Waals surface area (Å²) in [6, 6.07) is 10.1. The van der Waals surface area contributed by atoms with Crippen LogP contribution in [0.1, 0.15) is 0 Å². The zero-order chi connectivity index (χ0) is 23.3. The van der Waals surface area contributed by atoms with Crippen molar-refractivity contribution in [2.45, 2.75) is 0 Å². The molecule has 0 saturated carbocycles. The molecule has 2 aromatic carbocycles. The van der Waals surface area contributed by atoms with E-state index in [0.717, 1.165) is 6.07 Å². The predicted molar refractivity (Wildman–Crippen MR) is 115 cm³/mol. The monoisotopic (exact) mass is 484 g/mol. The molecule has 0 unspecified atom stereocenters. The van der Waals surface area contributed by atoms with Gasteiger partial charge in [-0.05, 0) is 18.2 Å². The van der Waals surface area contributed by atoms with E-state index < -0.39 is 22.2 Å². The molecule has 2 aromatic rings. The second kappa shape index (κ2) is 13.0. The Bertz CT molecular complexity index is 955. The molecule has 2 rings (SSSR count). The molecule has 0 bridgehead atoms. The average molecular weight is 484 g/mol. The number of rotatable bonds is 11. The molecule has 0 aliphatic heterocycles. The molecular weight excluding hydrogens is 468 g/mol. The highest BCUT2D eigenvalue weighted by molar-refractivity contribution is 8.76. The minimum atomic E-state index is -0.978. The van der Waals surface area contributed by atoms with Crippen LogP contribution in [0.25, 0.3) is 0 Å². The summed E-state index contributed by atoms with van der Waals surface area (Å²) in [5, 5.41) is 21.2. The highest BCUT2D eigenvalue weighted by atomic mass is 33.1. The number of ether oxygens (including phenoxy) is 4. The Kier molecular flexibility index (Phi) is 10.1. The fourth-order valence-corrected chi connectivity index (χ4v) is 3.64. The lowest BCUT2D eigenvalue weighted by Crippen LogP contribution is -2.13. The van der Waals surface area contributed by atoms with E-state index in [1.165, 1.54) is 64.1 Å². The molecule has 0 amide bonds. The van der Waals surface area contributed by atoms with E-state index in [-0.39, 0.29) is 36.1 Å². The lowest BCUT2D eigenvalue weighted by atomic mass is 10.3. The van der Waals surface area contributed by atoms with E-state index in [4.69, 9.17) is 18.9 Å². The number of carbonyl (C=O) groups is 2. The smallest absolute Gasteiger partial charge is 0.433 e. The molecule has 0 aliphatic rings. The first-order valence-electron chi connectivity index (χ1n) is 8.77. The molecule has 14 heteroatoms. The third-order valence-corrected chi connectivity index (χ3v) is 5.67. The van der Waals surface area contributed by atoms with E-state index >= 15 is 0 Å². The van der Waals surface area contributed by atoms with Gasteiger partial charge < -0.3 is 18.9 Å². The number of nitro benzene ring substituents is 2. The number of benzene rings is 2. The van der Waals surface area contributed by atoms with E-state index in [1.54, 1.807) is 0 Å². The van der Waals surface area contributed by atoms with Gasteiger partial charge in [0.15, 0.2) is 0 Å². The van der Waals surface area contributed by atoms with Crippen LogP contribution >= 0.6 is 21.6 Å². The summed E-state index contributed by atoms with van der Waals surface area (Å²) in [7, 11) is 2.74. The third kappa shape index (κ3) is 9.09. The van der Waals surface area contributed by atoms with Gasteiger partial charge in [0, 0.05) is 29.7 Å². The average Bonchev–Trinajstić information content (AvgIpc) is 2.76. The lowest BCUT2D eigenvalue weighted by Gasteiger charge is -2.06. The van der Waals surface area contributed by atoms with Gasteiger partial charge in [-0.25, -0.2) is 9.59 Å². The van der Waals surface area contributed by atoms with E-state index in [0.29, 0.717) is 11.5 Å². The summed E-state index contributed by atoms with van der Waals surface area (Å²) >= 11 is 0. The molecule has 0 aromatic heterocycles. The van der Waals surface area contributed by atoms with Crippen LogP contribution in [0, 0.1) is 20.2 Å². The Morgan fingerprint density at radius 1 is 0.750 bits per heavy atom. The minimum absolute atomic E-state index is 0.00369. The van der Waals surface area contributed by atoms with E-state index in [2.05, 4.69) is 0 Å². The van der Waals surface area contributed by atoms with Crippen LogP contribution < -0.4 is 9.47 Å². The second-order valence-electron chi connectivity index (χ2n) is 5.55. The molecule has 170 valence electrons. The van der Waals surface area contributed by atoms with Crippen molar-refractivity contribution in [3.8, 4) is 11.5 Å². The van der Waals surface area contributed by atoms with Crippen molar-refractivity contribution in [2.24, 2.45) is 0 Å². The number of hydrogen-bond acceptors (Lipinski definition) is 12. The Morgan fingerprint density at radius 3 is 1.81 bits per heavy atom. The normalized spacial score (nSPS) is 10.1. The lowest BCUT2D eigenvalue weighted by molar-refractivity contribution is -0.385. The van der Waals surface area contributed by atoms with Crippen LogP contribution in [0.3, 0.4) is 0 Å². The number of carbonyl (C=O) groups excluding carboxylic acids is 2. The maximum Gasteiger partial charge on any atom is 0.513 e. The van der Waals surface area contributed by atoms with Gasteiger partial charge in [0.25, 0.3) is 11.4 Å². The van der Waals surface area contributed by atoms with Crippen molar-refractivity contribution in [1.82, 2.24) is 0 Å². The molecule has 0 spiro atoms. The van der Waals surface area contributed by atoms with Gasteiger partial charge in [-0.1, -0.05) is 27.7 Å². The highest BCUT2D eigenvalue weighted by Gasteiger charge is 2.11. The molecule has 0 N–H and O–H groups in total. The molecule has 0 atom stereocenters. The first-order valence-corrected chi connectivity index (χ1v) is 11.3. The van der Waals surface area contributed by atoms with Gasteiger partial charge in [-0.2, -0.15) is 0 Å². The zero-order valence-corrected chi connectivity index (χ0v) is 17.9. The van der Waals surface area contributed by atoms with Gasteiger partial charge in [0.05, 0.1) is 15.9 Å². The maximum atomic E-state index is 11.6. The number of non-ortho nitro benzene ring substituents is 2. The summed E-state index contributed by atoms with van der Waals surface area (Å²) < 4.78 is 19.5. The largest absolute Gasteiger partial charge is 0.513 e. The first-order chi connectivity index (χ1) is 15.3. The Hall–Kier alpha value is -3.52. The second-order valence-corrected chi connectivity index (χ2v) is 8.25. The fourth-order valence-electron chi connectivity index (χ4n) is 1.98. The molecule has 12 nitrogen and oxygen atoms in total. The van der Waals surface area contributed by atoms with Gasteiger partial charge >= 0.3 is 12.3 Å². The Labute approximate surface area is 188 Å². The van der Waals surface area contributed by atoms with Crippen molar-refractivity contribution < 1.29 is 38.4 Å². The molecule has 0 saturated heterocycles. The van der Waals surface area contributed by atoms with Crippen LogP contribution in [0.15, 0.2) is 48.5 Å². The summed E-state index contributed by atoms with van der Waals surface area (Å²) in [5.74, 6) is 1.00. The molecule has 0 fully saturated rings. The summed E-state index contributed by atoms with van der Waals surface area (Å²) in [6.07, 6.45) is -1.91. The van der Waals surface area contributed by atoms with E-state index in [1.807, 2.05) is 0 Å². The van der Waals surface area contributed by atoms with Gasteiger partial charge in [0.2, 0.25) is 0 Å². The van der Waals surface area contributed by atoms with Crippen molar-refractivity contribution in [1.29, 1.82) is 0 Å². The van der Waals surface area contributed by atoms with Crippen LogP contribution in [0.5, 0.6) is 11.5 Å². The van der Waals surface area contributed by atoms with Crippen molar-refractivity contribution in [3.05, 3.63) is 68.8 Å². The minimum Gasteiger partial charge on any atom is -0.433 e. The quantitative estimate of drug-likeness (QED) is 0.109. The number of hydrogen-bond donors (Lipinski definition) is 0. The van der Waals surface area contributed by atoms with Gasteiger partial charge in [0.1, 0.15) is 24.7 Å². The topological polar surface area (TPSA) is 157 Å². The highest BCUT2D eigenvalue weighted by Crippen LogP contribution is 2.22. The van der Waals surface area contributed by atoms with Crippen LogP contribution in [-0.4, -0.2) is 46.9 Å². The zero-order valence-electron chi connectivity index (χ0n) is 16.2. The SMILES string of the molecule is O=C(OCCSSCCOC(=O)Oc1cccc([N+](=O)[O-])c1)Oc1ccc([N+](=O)[O-])cc1. The Morgan fingerprint density at radius 2 is 1.28 bits per heavy atom. The van der Waals surface area contributed by atoms with E-state index in [9.17, 15) is 29.8 Å². The first kappa shape index (κ1) is 24.7. The molecule has 32 heavy (non-hydrogen) atoms. The van der Waals surface area contributed by atoms with Crippen LogP contribution in [0.4, 0.5) is 21.0 Å². The third-order valence-electron chi connectivity index (χ3n) is 3.33. The number of nitro groups is 2. The molecule has 0 radical (unpaired) electrons. The number of nitrogens with zero attached hydrogens (tertiary/aromatic N) is 2.